The minimum Gasteiger partial charge on any atom is -0.368 e. The van der Waals surface area contributed by atoms with E-state index in [9.17, 15) is 0 Å². The normalized spacial score (nSPS) is 22.4. The van der Waals surface area contributed by atoms with Crippen LogP contribution in [-0.2, 0) is 0 Å². The molecule has 3 N–H and O–H groups in total. The lowest BCUT2D eigenvalue weighted by Gasteiger charge is -2.48. The molecule has 5 nitrogen and oxygen atoms in total. The molecule has 0 aromatic carbocycles. The fourth-order valence-electron chi connectivity index (χ4n) is 3.63. The summed E-state index contributed by atoms with van der Waals surface area (Å²) < 4.78 is 0. The van der Waals surface area contributed by atoms with E-state index in [0.717, 1.165) is 12.4 Å². The number of rotatable bonds is 4. The number of aromatic nitrogens is 2. The van der Waals surface area contributed by atoms with Crippen molar-refractivity contribution in [3.05, 3.63) is 11.2 Å². The Bertz CT molecular complexity index is 480. The highest BCUT2D eigenvalue weighted by atomic mass is 35.5. The summed E-state index contributed by atoms with van der Waals surface area (Å²) in [5.41, 5.74) is 5.94. The fourth-order valence-corrected chi connectivity index (χ4v) is 4.73. The Morgan fingerprint density at radius 1 is 1.23 bits per heavy atom. The number of thioether (sulfide) groups is 1. The molecule has 122 valence electrons. The fraction of sp³-hybridized carbons (Fsp3) is 0.733. The number of nitrogens with zero attached hydrogens (tertiary/aromatic N) is 3. The van der Waals surface area contributed by atoms with Gasteiger partial charge in [-0.15, -0.1) is 0 Å². The van der Waals surface area contributed by atoms with E-state index >= 15 is 0 Å². The smallest absolute Gasteiger partial charge is 0.223 e. The zero-order chi connectivity index (χ0) is 15.4. The van der Waals surface area contributed by atoms with Crippen molar-refractivity contribution in [2.45, 2.75) is 37.6 Å². The largest absolute Gasteiger partial charge is 0.368 e. The van der Waals surface area contributed by atoms with Gasteiger partial charge >= 0.3 is 0 Å². The van der Waals surface area contributed by atoms with Crippen molar-refractivity contribution in [1.82, 2.24) is 14.9 Å². The predicted octanol–water partition coefficient (Wildman–Crippen LogP) is 2.88. The highest BCUT2D eigenvalue weighted by molar-refractivity contribution is 7.99. The zero-order valence-corrected chi connectivity index (χ0v) is 14.4. The van der Waals surface area contributed by atoms with Gasteiger partial charge < -0.3 is 11.1 Å². The maximum Gasteiger partial charge on any atom is 0.223 e. The van der Waals surface area contributed by atoms with Crippen molar-refractivity contribution < 1.29 is 0 Å². The molecule has 0 spiro atoms. The van der Waals surface area contributed by atoms with Gasteiger partial charge in [-0.05, 0) is 12.8 Å². The van der Waals surface area contributed by atoms with Crippen molar-refractivity contribution in [2.24, 2.45) is 0 Å². The average molecular weight is 342 g/mol. The first-order chi connectivity index (χ1) is 10.7. The van der Waals surface area contributed by atoms with Crippen LogP contribution in [0.15, 0.2) is 6.07 Å². The first-order valence-electron chi connectivity index (χ1n) is 8.05. The van der Waals surface area contributed by atoms with Crippen LogP contribution in [0.4, 0.5) is 11.8 Å². The van der Waals surface area contributed by atoms with E-state index in [4.69, 9.17) is 17.3 Å². The molecule has 2 heterocycles. The highest BCUT2D eigenvalue weighted by Gasteiger charge is 2.38. The van der Waals surface area contributed by atoms with Crippen LogP contribution in [0.2, 0.25) is 5.15 Å². The lowest BCUT2D eigenvalue weighted by Crippen LogP contribution is -2.57. The topological polar surface area (TPSA) is 67.1 Å². The Labute approximate surface area is 141 Å². The number of nitrogens with one attached hydrogen (secondary N) is 1. The standard InChI is InChI=1S/C15H24ClN5S/c16-12-10-13(20-14(17)19-12)18-11-15(4-2-1-3-5-15)21-6-8-22-9-7-21/h10H,1-9,11H2,(H3,17,18,19,20). The van der Waals surface area contributed by atoms with Crippen LogP contribution < -0.4 is 11.1 Å². The molecule has 0 radical (unpaired) electrons. The number of anilines is 2. The minimum absolute atomic E-state index is 0.224. The molecule has 22 heavy (non-hydrogen) atoms. The molecule has 1 aliphatic heterocycles. The Hall–Kier alpha value is -0.720. The Balaban J connectivity index is 1.72. The second-order valence-corrected chi connectivity index (χ2v) is 7.78. The Kier molecular flexibility index (Phi) is 5.31. The number of nitrogens with two attached hydrogens (primary N) is 1. The van der Waals surface area contributed by atoms with Gasteiger partial charge in [0.15, 0.2) is 0 Å². The Morgan fingerprint density at radius 2 is 1.95 bits per heavy atom. The third-order valence-corrected chi connectivity index (χ3v) is 5.91. The van der Waals surface area contributed by atoms with Crippen LogP contribution in [0.5, 0.6) is 0 Å². The van der Waals surface area contributed by atoms with E-state index in [0.29, 0.717) is 5.15 Å². The first-order valence-corrected chi connectivity index (χ1v) is 9.58. The molecule has 1 saturated heterocycles. The molecule has 2 fully saturated rings. The Morgan fingerprint density at radius 3 is 2.64 bits per heavy atom. The predicted molar refractivity (Wildman–Crippen MR) is 94.7 cm³/mol. The molecule has 2 aliphatic rings. The summed E-state index contributed by atoms with van der Waals surface area (Å²) in [6.07, 6.45) is 6.52. The summed E-state index contributed by atoms with van der Waals surface area (Å²) in [4.78, 5) is 10.9. The van der Waals surface area contributed by atoms with Gasteiger partial charge in [-0.3, -0.25) is 4.90 Å². The SMILES string of the molecule is Nc1nc(Cl)cc(NCC2(N3CCSCC3)CCCCC2)n1. The van der Waals surface area contributed by atoms with E-state index in [2.05, 4.69) is 31.9 Å². The van der Waals surface area contributed by atoms with Gasteiger partial charge in [0.25, 0.3) is 0 Å². The van der Waals surface area contributed by atoms with Crippen LogP contribution >= 0.6 is 23.4 Å². The monoisotopic (exact) mass is 341 g/mol. The van der Waals surface area contributed by atoms with Crippen molar-refractivity contribution in [3.63, 3.8) is 0 Å². The summed E-state index contributed by atoms with van der Waals surface area (Å²) in [6, 6.07) is 1.75. The molecule has 7 heteroatoms. The van der Waals surface area contributed by atoms with Crippen molar-refractivity contribution in [1.29, 1.82) is 0 Å². The van der Waals surface area contributed by atoms with E-state index in [-0.39, 0.29) is 11.5 Å². The first kappa shape index (κ1) is 16.1. The quantitative estimate of drug-likeness (QED) is 0.821. The van der Waals surface area contributed by atoms with Gasteiger partial charge in [-0.2, -0.15) is 16.7 Å². The molecule has 0 unspecified atom stereocenters. The second kappa shape index (κ2) is 7.23. The third kappa shape index (κ3) is 3.78. The highest BCUT2D eigenvalue weighted by Crippen LogP contribution is 2.35. The summed E-state index contributed by atoms with van der Waals surface area (Å²) in [5, 5.41) is 3.86. The number of nitrogen functional groups attached to an aromatic ring is 1. The molecule has 1 aromatic rings. The minimum atomic E-state index is 0.224. The van der Waals surface area contributed by atoms with Gasteiger partial charge in [0.05, 0.1) is 0 Å². The lowest BCUT2D eigenvalue weighted by molar-refractivity contribution is 0.0706. The molecule has 0 bridgehead atoms. The average Bonchev–Trinajstić information content (AvgIpc) is 2.54. The molecule has 3 rings (SSSR count). The van der Waals surface area contributed by atoms with Crippen LogP contribution in [0.1, 0.15) is 32.1 Å². The lowest BCUT2D eigenvalue weighted by atomic mass is 9.80. The van der Waals surface area contributed by atoms with Crippen molar-refractivity contribution >= 4 is 35.1 Å². The van der Waals surface area contributed by atoms with E-state index in [1.165, 1.54) is 56.7 Å². The summed E-state index contributed by atoms with van der Waals surface area (Å²) in [5.74, 6) is 3.44. The van der Waals surface area contributed by atoms with Gasteiger partial charge in [0.1, 0.15) is 11.0 Å². The third-order valence-electron chi connectivity index (χ3n) is 4.78. The maximum absolute atomic E-state index is 5.97. The molecule has 0 atom stereocenters. The summed E-state index contributed by atoms with van der Waals surface area (Å²) >= 11 is 8.03. The number of hydrogen-bond acceptors (Lipinski definition) is 6. The molecule has 1 aromatic heterocycles. The van der Waals surface area contributed by atoms with Gasteiger partial charge in [-0.1, -0.05) is 30.9 Å². The van der Waals surface area contributed by atoms with Crippen LogP contribution in [0.3, 0.4) is 0 Å². The zero-order valence-electron chi connectivity index (χ0n) is 12.9. The second-order valence-electron chi connectivity index (χ2n) is 6.17. The number of halogens is 1. The van der Waals surface area contributed by atoms with Gasteiger partial charge in [0, 0.05) is 42.7 Å². The van der Waals surface area contributed by atoms with E-state index in [1.807, 2.05) is 0 Å². The van der Waals surface area contributed by atoms with Gasteiger partial charge in [-0.25, -0.2) is 4.98 Å². The summed E-state index contributed by atoms with van der Waals surface area (Å²) in [6.45, 7) is 3.29. The molecule has 1 saturated carbocycles. The molecule has 1 aliphatic carbocycles. The van der Waals surface area contributed by atoms with E-state index in [1.54, 1.807) is 6.07 Å². The number of hydrogen-bond donors (Lipinski definition) is 2. The van der Waals surface area contributed by atoms with Crippen molar-refractivity contribution in [3.8, 4) is 0 Å². The van der Waals surface area contributed by atoms with Crippen LogP contribution in [0.25, 0.3) is 0 Å². The van der Waals surface area contributed by atoms with Crippen LogP contribution in [0, 0.1) is 0 Å². The van der Waals surface area contributed by atoms with Gasteiger partial charge in [0.2, 0.25) is 5.95 Å². The molecular weight excluding hydrogens is 318 g/mol. The maximum atomic E-state index is 5.97. The van der Waals surface area contributed by atoms with Crippen LogP contribution in [-0.4, -0.2) is 51.5 Å². The molecular formula is C15H24ClN5S. The summed E-state index contributed by atoms with van der Waals surface area (Å²) in [7, 11) is 0. The molecule has 0 amide bonds. The van der Waals surface area contributed by atoms with Crippen molar-refractivity contribution in [2.75, 3.05) is 42.2 Å². The van der Waals surface area contributed by atoms with E-state index < -0.39 is 0 Å².